The van der Waals surface area contributed by atoms with Crippen molar-refractivity contribution >= 4 is 11.6 Å². The molecule has 1 saturated heterocycles. The lowest BCUT2D eigenvalue weighted by Crippen LogP contribution is -2.48. The van der Waals surface area contributed by atoms with Gasteiger partial charge < -0.3 is 19.3 Å². The number of anilines is 1. The second-order valence-electron chi connectivity index (χ2n) is 6.36. The molecule has 0 saturated carbocycles. The molecule has 1 fully saturated rings. The Morgan fingerprint density at radius 3 is 1.89 bits per heavy atom. The zero-order chi connectivity index (χ0) is 20.3. The van der Waals surface area contributed by atoms with E-state index in [-0.39, 0.29) is 5.91 Å². The van der Waals surface area contributed by atoms with Crippen molar-refractivity contribution in [2.75, 3.05) is 45.3 Å². The van der Waals surface area contributed by atoms with Crippen LogP contribution in [-0.2, 0) is 6.18 Å². The molecule has 1 aliphatic rings. The normalized spacial score (nSPS) is 14.8. The van der Waals surface area contributed by atoms with Crippen LogP contribution in [0.1, 0.15) is 15.9 Å². The van der Waals surface area contributed by atoms with Crippen molar-refractivity contribution in [2.45, 2.75) is 6.18 Å². The number of piperazine rings is 1. The third-order valence-electron chi connectivity index (χ3n) is 4.77. The first-order valence-electron chi connectivity index (χ1n) is 8.77. The lowest BCUT2D eigenvalue weighted by Gasteiger charge is -2.36. The van der Waals surface area contributed by atoms with E-state index in [0.717, 1.165) is 12.1 Å². The highest BCUT2D eigenvalue weighted by molar-refractivity contribution is 5.99. The molecule has 3 rings (SSSR count). The Labute approximate surface area is 161 Å². The molecule has 2 aromatic carbocycles. The standard InChI is InChI=1S/C20H21F3N2O3/c1-27-16-4-3-5-17(28-2)18(16)19(26)25-12-10-24(11-13-25)15-8-6-14(7-9-15)20(21,22)23/h3-9H,10-13H2,1-2H3. The predicted octanol–water partition coefficient (Wildman–Crippen LogP) is 3.69. The number of halogens is 3. The van der Waals surface area contributed by atoms with Gasteiger partial charge in [-0.25, -0.2) is 0 Å². The molecular formula is C20H21F3N2O3. The second kappa shape index (κ2) is 8.00. The summed E-state index contributed by atoms with van der Waals surface area (Å²) >= 11 is 0. The average molecular weight is 394 g/mol. The predicted molar refractivity (Wildman–Crippen MR) is 99.1 cm³/mol. The first-order chi connectivity index (χ1) is 13.3. The minimum Gasteiger partial charge on any atom is -0.496 e. The molecule has 0 unspecified atom stereocenters. The van der Waals surface area contributed by atoms with Gasteiger partial charge in [0.05, 0.1) is 19.8 Å². The van der Waals surface area contributed by atoms with Gasteiger partial charge >= 0.3 is 6.18 Å². The highest BCUT2D eigenvalue weighted by atomic mass is 19.4. The van der Waals surface area contributed by atoms with Gasteiger partial charge in [0.1, 0.15) is 17.1 Å². The van der Waals surface area contributed by atoms with Crippen LogP contribution in [0.5, 0.6) is 11.5 Å². The van der Waals surface area contributed by atoms with Crippen molar-refractivity contribution in [3.8, 4) is 11.5 Å². The fourth-order valence-electron chi connectivity index (χ4n) is 3.25. The van der Waals surface area contributed by atoms with E-state index in [9.17, 15) is 18.0 Å². The number of nitrogens with zero attached hydrogens (tertiary/aromatic N) is 2. The maximum absolute atomic E-state index is 13.0. The summed E-state index contributed by atoms with van der Waals surface area (Å²) < 4.78 is 48.7. The summed E-state index contributed by atoms with van der Waals surface area (Å²) in [6.45, 7) is 1.94. The number of hydrogen-bond acceptors (Lipinski definition) is 4. The lowest BCUT2D eigenvalue weighted by molar-refractivity contribution is -0.137. The van der Waals surface area contributed by atoms with E-state index in [1.165, 1.54) is 26.4 Å². The molecule has 0 radical (unpaired) electrons. The van der Waals surface area contributed by atoms with Crippen molar-refractivity contribution in [3.63, 3.8) is 0 Å². The number of alkyl halides is 3. The van der Waals surface area contributed by atoms with E-state index in [4.69, 9.17) is 9.47 Å². The monoisotopic (exact) mass is 394 g/mol. The lowest BCUT2D eigenvalue weighted by atomic mass is 10.1. The Bertz CT molecular complexity index is 807. The van der Waals surface area contributed by atoms with Crippen LogP contribution in [0.15, 0.2) is 42.5 Å². The number of amides is 1. The Balaban J connectivity index is 1.70. The van der Waals surface area contributed by atoms with Crippen LogP contribution in [0.4, 0.5) is 18.9 Å². The fraction of sp³-hybridized carbons (Fsp3) is 0.350. The van der Waals surface area contributed by atoms with E-state index < -0.39 is 11.7 Å². The van der Waals surface area contributed by atoms with Crippen LogP contribution in [-0.4, -0.2) is 51.2 Å². The summed E-state index contributed by atoms with van der Waals surface area (Å²) in [7, 11) is 2.99. The van der Waals surface area contributed by atoms with E-state index in [2.05, 4.69) is 0 Å². The molecule has 0 aliphatic carbocycles. The summed E-state index contributed by atoms with van der Waals surface area (Å²) in [6, 6.07) is 10.2. The molecular weight excluding hydrogens is 373 g/mol. The summed E-state index contributed by atoms with van der Waals surface area (Å²) in [4.78, 5) is 16.6. The molecule has 0 bridgehead atoms. The van der Waals surface area contributed by atoms with Gasteiger partial charge in [0.15, 0.2) is 0 Å². The van der Waals surface area contributed by atoms with Crippen LogP contribution in [0.2, 0.25) is 0 Å². The van der Waals surface area contributed by atoms with Crippen molar-refractivity contribution in [1.29, 1.82) is 0 Å². The first-order valence-corrected chi connectivity index (χ1v) is 8.77. The van der Waals surface area contributed by atoms with Gasteiger partial charge in [-0.2, -0.15) is 13.2 Å². The molecule has 0 aromatic heterocycles. The number of hydrogen-bond donors (Lipinski definition) is 0. The van der Waals surface area contributed by atoms with Crippen molar-refractivity contribution in [2.24, 2.45) is 0 Å². The number of carbonyl (C=O) groups excluding carboxylic acids is 1. The second-order valence-corrected chi connectivity index (χ2v) is 6.36. The van der Waals surface area contributed by atoms with Gasteiger partial charge in [0.2, 0.25) is 0 Å². The van der Waals surface area contributed by atoms with Gasteiger partial charge in [-0.15, -0.1) is 0 Å². The van der Waals surface area contributed by atoms with Gasteiger partial charge in [-0.05, 0) is 36.4 Å². The van der Waals surface area contributed by atoms with Gasteiger partial charge in [0, 0.05) is 31.9 Å². The quantitative estimate of drug-likeness (QED) is 0.793. The highest BCUT2D eigenvalue weighted by Gasteiger charge is 2.31. The number of rotatable bonds is 4. The number of benzene rings is 2. The zero-order valence-electron chi connectivity index (χ0n) is 15.6. The summed E-state index contributed by atoms with van der Waals surface area (Å²) in [5.74, 6) is 0.686. The largest absolute Gasteiger partial charge is 0.496 e. The van der Waals surface area contributed by atoms with Crippen molar-refractivity contribution in [1.82, 2.24) is 4.90 Å². The first kappa shape index (κ1) is 19.9. The third-order valence-corrected chi connectivity index (χ3v) is 4.77. The SMILES string of the molecule is COc1cccc(OC)c1C(=O)N1CCN(c2ccc(C(F)(F)F)cc2)CC1. The Hall–Kier alpha value is -2.90. The minimum atomic E-state index is -4.35. The van der Waals surface area contributed by atoms with Gasteiger partial charge in [-0.3, -0.25) is 4.79 Å². The topological polar surface area (TPSA) is 42.0 Å². The van der Waals surface area contributed by atoms with Crippen LogP contribution in [0, 0.1) is 0 Å². The number of carbonyl (C=O) groups is 1. The van der Waals surface area contributed by atoms with Gasteiger partial charge in [-0.1, -0.05) is 6.07 Å². The highest BCUT2D eigenvalue weighted by Crippen LogP contribution is 2.32. The molecule has 0 N–H and O–H groups in total. The summed E-state index contributed by atoms with van der Waals surface area (Å²) in [5.41, 5.74) is 0.402. The van der Waals surface area contributed by atoms with E-state index in [0.29, 0.717) is 48.9 Å². The van der Waals surface area contributed by atoms with E-state index in [1.54, 1.807) is 23.1 Å². The Kier molecular flexibility index (Phi) is 5.67. The minimum absolute atomic E-state index is 0.193. The van der Waals surface area contributed by atoms with Crippen LogP contribution in [0.3, 0.4) is 0 Å². The summed E-state index contributed by atoms with van der Waals surface area (Å²) in [5, 5.41) is 0. The molecule has 8 heteroatoms. The molecule has 0 spiro atoms. The Morgan fingerprint density at radius 1 is 0.893 bits per heavy atom. The molecule has 2 aromatic rings. The molecule has 28 heavy (non-hydrogen) atoms. The maximum Gasteiger partial charge on any atom is 0.416 e. The zero-order valence-corrected chi connectivity index (χ0v) is 15.6. The number of methoxy groups -OCH3 is 2. The van der Waals surface area contributed by atoms with Crippen LogP contribution in [0.25, 0.3) is 0 Å². The molecule has 150 valence electrons. The van der Waals surface area contributed by atoms with Crippen molar-refractivity contribution < 1.29 is 27.4 Å². The fourth-order valence-corrected chi connectivity index (χ4v) is 3.25. The van der Waals surface area contributed by atoms with Crippen LogP contribution < -0.4 is 14.4 Å². The van der Waals surface area contributed by atoms with Crippen molar-refractivity contribution in [3.05, 3.63) is 53.6 Å². The van der Waals surface area contributed by atoms with E-state index in [1.807, 2.05) is 4.90 Å². The van der Waals surface area contributed by atoms with Crippen LogP contribution >= 0.6 is 0 Å². The smallest absolute Gasteiger partial charge is 0.416 e. The van der Waals surface area contributed by atoms with E-state index >= 15 is 0 Å². The average Bonchev–Trinajstić information content (AvgIpc) is 2.72. The molecule has 0 atom stereocenters. The molecule has 1 amide bonds. The molecule has 1 heterocycles. The molecule has 1 aliphatic heterocycles. The Morgan fingerprint density at radius 2 is 1.43 bits per heavy atom. The summed E-state index contributed by atoms with van der Waals surface area (Å²) in [6.07, 6.45) is -4.35. The molecule has 5 nitrogen and oxygen atoms in total. The van der Waals surface area contributed by atoms with Gasteiger partial charge in [0.25, 0.3) is 5.91 Å². The third kappa shape index (κ3) is 4.00. The number of ether oxygens (including phenoxy) is 2. The maximum atomic E-state index is 13.0.